The van der Waals surface area contributed by atoms with Gasteiger partial charge in [-0.3, -0.25) is 9.59 Å². The zero-order valence-corrected chi connectivity index (χ0v) is 12.8. The molecule has 0 saturated heterocycles. The zero-order valence-electron chi connectivity index (χ0n) is 12.0. The highest BCUT2D eigenvalue weighted by Gasteiger charge is 2.16. The lowest BCUT2D eigenvalue weighted by Crippen LogP contribution is -2.09. The van der Waals surface area contributed by atoms with Crippen LogP contribution in [0.1, 0.15) is 42.1 Å². The van der Waals surface area contributed by atoms with Crippen LogP contribution in [0.3, 0.4) is 0 Å². The van der Waals surface area contributed by atoms with Crippen LogP contribution in [0, 0.1) is 6.92 Å². The van der Waals surface area contributed by atoms with E-state index in [1.54, 1.807) is 12.1 Å². The molecule has 0 aliphatic heterocycles. The van der Waals surface area contributed by atoms with Crippen molar-refractivity contribution in [3.05, 3.63) is 28.3 Å². The molecule has 1 aromatic rings. The van der Waals surface area contributed by atoms with Crippen molar-refractivity contribution in [2.45, 2.75) is 33.1 Å². The molecule has 0 N–H and O–H groups in total. The molecule has 0 radical (unpaired) electrons. The molecule has 4 nitrogen and oxygen atoms in total. The zero-order chi connectivity index (χ0) is 15.1. The Labute approximate surface area is 124 Å². The Bertz CT molecular complexity index is 497. The lowest BCUT2D eigenvalue weighted by molar-refractivity contribution is -0.140. The van der Waals surface area contributed by atoms with Crippen LogP contribution in [0.4, 0.5) is 0 Å². The van der Waals surface area contributed by atoms with Gasteiger partial charge in [-0.15, -0.1) is 0 Å². The number of hydrogen-bond donors (Lipinski definition) is 0. The molecule has 20 heavy (non-hydrogen) atoms. The minimum atomic E-state index is -0.410. The van der Waals surface area contributed by atoms with Gasteiger partial charge in [0.15, 0.2) is 5.78 Å². The fraction of sp³-hybridized carbons (Fsp3) is 0.467. The Kier molecular flexibility index (Phi) is 6.52. The molecule has 5 heteroatoms. The molecule has 0 bridgehead atoms. The van der Waals surface area contributed by atoms with E-state index in [2.05, 4.69) is 4.74 Å². The highest BCUT2D eigenvalue weighted by molar-refractivity contribution is 6.31. The summed E-state index contributed by atoms with van der Waals surface area (Å²) in [6.07, 6.45) is 0.972. The van der Waals surface area contributed by atoms with E-state index in [4.69, 9.17) is 16.3 Å². The Morgan fingerprint density at radius 3 is 2.55 bits per heavy atom. The van der Waals surface area contributed by atoms with Crippen LogP contribution in [0.15, 0.2) is 12.1 Å². The average Bonchev–Trinajstić information content (AvgIpc) is 2.45. The summed E-state index contributed by atoms with van der Waals surface area (Å²) in [7, 11) is 1.30. The summed E-state index contributed by atoms with van der Waals surface area (Å²) >= 11 is 6.05. The van der Waals surface area contributed by atoms with E-state index >= 15 is 0 Å². The van der Waals surface area contributed by atoms with Crippen molar-refractivity contribution in [2.24, 2.45) is 0 Å². The maximum atomic E-state index is 12.2. The van der Waals surface area contributed by atoms with Crippen LogP contribution in [0.25, 0.3) is 0 Å². The maximum Gasteiger partial charge on any atom is 0.305 e. The Hall–Kier alpha value is -1.55. The van der Waals surface area contributed by atoms with Gasteiger partial charge >= 0.3 is 5.97 Å². The van der Waals surface area contributed by atoms with Gasteiger partial charge < -0.3 is 9.47 Å². The van der Waals surface area contributed by atoms with E-state index in [9.17, 15) is 9.59 Å². The van der Waals surface area contributed by atoms with Crippen LogP contribution < -0.4 is 4.74 Å². The van der Waals surface area contributed by atoms with Gasteiger partial charge in [-0.2, -0.15) is 0 Å². The second kappa shape index (κ2) is 7.90. The van der Waals surface area contributed by atoms with Crippen molar-refractivity contribution in [1.82, 2.24) is 0 Å². The molecule has 0 unspecified atom stereocenters. The Morgan fingerprint density at radius 2 is 1.95 bits per heavy atom. The van der Waals surface area contributed by atoms with Gasteiger partial charge in [0.25, 0.3) is 0 Å². The van der Waals surface area contributed by atoms with Gasteiger partial charge in [-0.1, -0.05) is 18.5 Å². The minimum absolute atomic E-state index is 0.0496. The summed E-state index contributed by atoms with van der Waals surface area (Å²) < 4.78 is 10.1. The van der Waals surface area contributed by atoms with E-state index in [0.29, 0.717) is 22.9 Å². The molecule has 0 spiro atoms. The van der Waals surface area contributed by atoms with Crippen molar-refractivity contribution < 1.29 is 19.1 Å². The van der Waals surface area contributed by atoms with Crippen LogP contribution in [-0.2, 0) is 9.53 Å². The normalized spacial score (nSPS) is 10.2. The first-order valence-corrected chi connectivity index (χ1v) is 6.90. The van der Waals surface area contributed by atoms with E-state index in [-0.39, 0.29) is 18.6 Å². The molecule has 1 rings (SSSR count). The third-order valence-electron chi connectivity index (χ3n) is 2.81. The average molecular weight is 299 g/mol. The SMILES string of the molecule is CCCOc1cc(C)c(Cl)cc1C(=O)CCC(=O)OC. The molecule has 0 aliphatic rings. The molecule has 0 aliphatic carbocycles. The number of rotatable bonds is 7. The van der Waals surface area contributed by atoms with E-state index in [1.165, 1.54) is 7.11 Å². The van der Waals surface area contributed by atoms with Crippen LogP contribution in [0.2, 0.25) is 5.02 Å². The first kappa shape index (κ1) is 16.5. The number of Topliss-reactive ketones (excluding diaryl/α,β-unsaturated/α-hetero) is 1. The van der Waals surface area contributed by atoms with Crippen molar-refractivity contribution in [3.8, 4) is 5.75 Å². The number of ether oxygens (including phenoxy) is 2. The first-order valence-electron chi connectivity index (χ1n) is 6.52. The van der Waals surface area contributed by atoms with E-state index < -0.39 is 5.97 Å². The van der Waals surface area contributed by atoms with Gasteiger partial charge in [0.1, 0.15) is 5.75 Å². The quantitative estimate of drug-likeness (QED) is 0.570. The van der Waals surface area contributed by atoms with Crippen molar-refractivity contribution in [1.29, 1.82) is 0 Å². The van der Waals surface area contributed by atoms with Gasteiger partial charge in [0, 0.05) is 11.4 Å². The predicted molar refractivity (Wildman–Crippen MR) is 77.6 cm³/mol. The molecule has 0 atom stereocenters. The van der Waals surface area contributed by atoms with Gasteiger partial charge in [-0.05, 0) is 31.0 Å². The number of esters is 1. The summed E-state index contributed by atoms with van der Waals surface area (Å²) in [5.74, 6) is -0.0698. The number of methoxy groups -OCH3 is 1. The largest absolute Gasteiger partial charge is 0.493 e. The third kappa shape index (κ3) is 4.53. The smallest absolute Gasteiger partial charge is 0.305 e. The van der Waals surface area contributed by atoms with Crippen molar-refractivity contribution in [2.75, 3.05) is 13.7 Å². The minimum Gasteiger partial charge on any atom is -0.493 e. The highest BCUT2D eigenvalue weighted by atomic mass is 35.5. The lowest BCUT2D eigenvalue weighted by atomic mass is 10.0. The van der Waals surface area contributed by atoms with Gasteiger partial charge in [-0.25, -0.2) is 0 Å². The van der Waals surface area contributed by atoms with Crippen molar-refractivity contribution >= 4 is 23.4 Å². The van der Waals surface area contributed by atoms with E-state index in [0.717, 1.165) is 12.0 Å². The lowest BCUT2D eigenvalue weighted by Gasteiger charge is -2.12. The molecule has 110 valence electrons. The molecule has 0 fully saturated rings. The number of hydrogen-bond acceptors (Lipinski definition) is 4. The molecule has 0 amide bonds. The number of benzene rings is 1. The third-order valence-corrected chi connectivity index (χ3v) is 3.21. The molecule has 0 heterocycles. The number of carbonyl (C=O) groups excluding carboxylic acids is 2. The molecule has 1 aromatic carbocycles. The monoisotopic (exact) mass is 298 g/mol. The Morgan fingerprint density at radius 1 is 1.25 bits per heavy atom. The van der Waals surface area contributed by atoms with Crippen LogP contribution in [-0.4, -0.2) is 25.5 Å². The maximum absolute atomic E-state index is 12.2. The standard InChI is InChI=1S/C15H19ClO4/c1-4-7-20-14-8-10(2)12(16)9-11(14)13(17)5-6-15(18)19-3/h8-9H,4-7H2,1-3H3. The number of carbonyl (C=O) groups is 2. The molecular weight excluding hydrogens is 280 g/mol. The van der Waals surface area contributed by atoms with Crippen LogP contribution >= 0.6 is 11.6 Å². The molecule has 0 saturated carbocycles. The van der Waals surface area contributed by atoms with Gasteiger partial charge in [0.2, 0.25) is 0 Å². The highest BCUT2D eigenvalue weighted by Crippen LogP contribution is 2.28. The fourth-order valence-electron chi connectivity index (χ4n) is 1.66. The summed E-state index contributed by atoms with van der Waals surface area (Å²) in [5.41, 5.74) is 1.26. The first-order chi connectivity index (χ1) is 9.49. The predicted octanol–water partition coefficient (Wildman–Crippen LogP) is 3.57. The number of ketones is 1. The van der Waals surface area contributed by atoms with E-state index in [1.807, 2.05) is 13.8 Å². The second-order valence-electron chi connectivity index (χ2n) is 4.45. The fourth-order valence-corrected chi connectivity index (χ4v) is 1.82. The second-order valence-corrected chi connectivity index (χ2v) is 4.85. The van der Waals surface area contributed by atoms with Gasteiger partial charge in [0.05, 0.1) is 25.7 Å². The summed E-state index contributed by atoms with van der Waals surface area (Å²) in [4.78, 5) is 23.3. The summed E-state index contributed by atoms with van der Waals surface area (Å²) in [6, 6.07) is 3.35. The Balaban J connectivity index is 2.92. The number of aryl methyl sites for hydroxylation is 1. The topological polar surface area (TPSA) is 52.6 Å². The van der Waals surface area contributed by atoms with Crippen LogP contribution in [0.5, 0.6) is 5.75 Å². The van der Waals surface area contributed by atoms with Crippen molar-refractivity contribution in [3.63, 3.8) is 0 Å². The summed E-state index contributed by atoms with van der Waals surface area (Å²) in [6.45, 7) is 4.36. The number of halogens is 1. The summed E-state index contributed by atoms with van der Waals surface area (Å²) in [5, 5.41) is 0.510. The molecule has 0 aromatic heterocycles. The molecular formula is C15H19ClO4.